The second-order valence-corrected chi connectivity index (χ2v) is 6.28. The van der Waals surface area contributed by atoms with E-state index in [1.54, 1.807) is 0 Å². The molecule has 1 aliphatic carbocycles. The molecular weight excluding hydrogens is 272 g/mol. The fraction of sp³-hybridized carbons (Fsp3) is 0.562. The average molecular weight is 295 g/mol. The smallest absolute Gasteiger partial charge is 0.228 e. The minimum absolute atomic E-state index is 0. The molecule has 0 unspecified atom stereocenters. The number of amides is 1. The molecule has 1 saturated carbocycles. The van der Waals surface area contributed by atoms with E-state index in [2.05, 4.69) is 31.2 Å². The topological polar surface area (TPSA) is 46.3 Å². The van der Waals surface area contributed by atoms with Crippen LogP contribution in [0.2, 0.25) is 0 Å². The van der Waals surface area contributed by atoms with Crippen molar-refractivity contribution in [2.45, 2.75) is 25.7 Å². The number of likely N-dealkylation sites (tertiary alicyclic amines) is 1. The Hall–Kier alpha value is -1.06. The molecule has 2 N–H and O–H groups in total. The monoisotopic (exact) mass is 294 g/mol. The quantitative estimate of drug-likeness (QED) is 0.930. The number of carbonyl (C=O) groups excluding carboxylic acids is 1. The molecule has 0 spiro atoms. The maximum atomic E-state index is 12.5. The number of hydrogen-bond donors (Lipinski definition) is 1. The summed E-state index contributed by atoms with van der Waals surface area (Å²) in [6, 6.07) is 10.5. The Morgan fingerprint density at radius 3 is 2.50 bits per heavy atom. The summed E-state index contributed by atoms with van der Waals surface area (Å²) in [6.45, 7) is 4.40. The molecule has 4 heteroatoms. The van der Waals surface area contributed by atoms with Crippen LogP contribution >= 0.6 is 12.4 Å². The number of rotatable bonds is 3. The van der Waals surface area contributed by atoms with E-state index in [9.17, 15) is 4.79 Å². The Labute approximate surface area is 126 Å². The lowest BCUT2D eigenvalue weighted by atomic mass is 9.89. The molecule has 2 aliphatic rings. The van der Waals surface area contributed by atoms with Gasteiger partial charge in [0.05, 0.1) is 0 Å². The molecule has 1 saturated heterocycles. The molecule has 1 amide bonds. The summed E-state index contributed by atoms with van der Waals surface area (Å²) in [5, 5.41) is 0. The van der Waals surface area contributed by atoms with E-state index in [-0.39, 0.29) is 17.8 Å². The summed E-state index contributed by atoms with van der Waals surface area (Å²) in [5.74, 6) is 1.13. The molecule has 3 nitrogen and oxygen atoms in total. The molecule has 1 aromatic rings. The summed E-state index contributed by atoms with van der Waals surface area (Å²) in [7, 11) is 0. The second kappa shape index (κ2) is 5.74. The summed E-state index contributed by atoms with van der Waals surface area (Å²) >= 11 is 0. The van der Waals surface area contributed by atoms with E-state index in [1.807, 2.05) is 11.0 Å². The lowest BCUT2D eigenvalue weighted by Crippen LogP contribution is -2.35. The van der Waals surface area contributed by atoms with Crippen molar-refractivity contribution in [3.63, 3.8) is 0 Å². The predicted octanol–water partition coefficient (Wildman–Crippen LogP) is 2.41. The van der Waals surface area contributed by atoms with Crippen molar-refractivity contribution >= 4 is 18.3 Å². The van der Waals surface area contributed by atoms with E-state index in [4.69, 9.17) is 5.73 Å². The zero-order valence-electron chi connectivity index (χ0n) is 11.9. The Kier molecular flexibility index (Phi) is 4.40. The molecule has 110 valence electrons. The molecular formula is C16H23ClN2O. The van der Waals surface area contributed by atoms with Gasteiger partial charge < -0.3 is 10.6 Å². The van der Waals surface area contributed by atoms with Gasteiger partial charge in [-0.1, -0.05) is 37.3 Å². The van der Waals surface area contributed by atoms with Crippen LogP contribution in [0, 0.1) is 11.3 Å². The third-order valence-electron chi connectivity index (χ3n) is 4.78. The van der Waals surface area contributed by atoms with Crippen LogP contribution in [0.1, 0.15) is 31.2 Å². The van der Waals surface area contributed by atoms with Crippen LogP contribution in [0.3, 0.4) is 0 Å². The molecule has 3 rings (SSSR count). The molecule has 20 heavy (non-hydrogen) atoms. The number of hydrogen-bond acceptors (Lipinski definition) is 2. The van der Waals surface area contributed by atoms with Crippen molar-refractivity contribution in [2.75, 3.05) is 19.6 Å². The van der Waals surface area contributed by atoms with Gasteiger partial charge in [-0.15, -0.1) is 12.4 Å². The second-order valence-electron chi connectivity index (χ2n) is 6.28. The molecule has 1 heterocycles. The van der Waals surface area contributed by atoms with Gasteiger partial charge in [0, 0.05) is 24.4 Å². The highest BCUT2D eigenvalue weighted by atomic mass is 35.5. The van der Waals surface area contributed by atoms with Gasteiger partial charge in [0.15, 0.2) is 0 Å². The van der Waals surface area contributed by atoms with Crippen molar-refractivity contribution in [1.82, 2.24) is 4.90 Å². The minimum atomic E-state index is -0.0648. The highest BCUT2D eigenvalue weighted by Crippen LogP contribution is 2.48. The SMILES string of the molecule is CC1(C(=O)N2C[C@@H](CN)[C@H](c3ccccc3)C2)CC1.Cl. The van der Waals surface area contributed by atoms with Crippen molar-refractivity contribution in [3.05, 3.63) is 35.9 Å². The molecule has 0 radical (unpaired) electrons. The van der Waals surface area contributed by atoms with Crippen LogP contribution < -0.4 is 5.73 Å². The van der Waals surface area contributed by atoms with Gasteiger partial charge in [-0.05, 0) is 30.9 Å². The Morgan fingerprint density at radius 1 is 1.30 bits per heavy atom. The first kappa shape index (κ1) is 15.3. The van der Waals surface area contributed by atoms with E-state index < -0.39 is 0 Å². The van der Waals surface area contributed by atoms with Gasteiger partial charge in [0.1, 0.15) is 0 Å². The minimum Gasteiger partial charge on any atom is -0.341 e. The van der Waals surface area contributed by atoms with Gasteiger partial charge >= 0.3 is 0 Å². The van der Waals surface area contributed by atoms with Crippen LogP contribution in [0.15, 0.2) is 30.3 Å². The summed E-state index contributed by atoms with van der Waals surface area (Å²) in [4.78, 5) is 14.5. The van der Waals surface area contributed by atoms with Gasteiger partial charge in [0.2, 0.25) is 5.91 Å². The van der Waals surface area contributed by atoms with Gasteiger partial charge in [0.25, 0.3) is 0 Å². The van der Waals surface area contributed by atoms with Crippen molar-refractivity contribution in [3.8, 4) is 0 Å². The van der Waals surface area contributed by atoms with Crippen molar-refractivity contribution in [2.24, 2.45) is 17.1 Å². The van der Waals surface area contributed by atoms with Gasteiger partial charge in [-0.2, -0.15) is 0 Å². The van der Waals surface area contributed by atoms with E-state index in [1.165, 1.54) is 5.56 Å². The van der Waals surface area contributed by atoms with Crippen LogP contribution in [0.5, 0.6) is 0 Å². The predicted molar refractivity (Wildman–Crippen MR) is 82.9 cm³/mol. The van der Waals surface area contributed by atoms with Crippen molar-refractivity contribution in [1.29, 1.82) is 0 Å². The van der Waals surface area contributed by atoms with Crippen LogP contribution in [0.25, 0.3) is 0 Å². The maximum Gasteiger partial charge on any atom is 0.228 e. The summed E-state index contributed by atoms with van der Waals surface area (Å²) in [6.07, 6.45) is 2.09. The standard InChI is InChI=1S/C16H22N2O.ClH/c1-16(7-8-16)15(19)18-10-13(9-17)14(11-18)12-5-3-2-4-6-12;/h2-6,13-14H,7-11,17H2,1H3;1H/t13-,14+;/m1./s1. The molecule has 1 aromatic carbocycles. The fourth-order valence-electron chi connectivity index (χ4n) is 3.14. The average Bonchev–Trinajstić information content (AvgIpc) is 3.06. The normalized spacial score (nSPS) is 27.0. The fourth-order valence-corrected chi connectivity index (χ4v) is 3.14. The third-order valence-corrected chi connectivity index (χ3v) is 4.78. The molecule has 0 aromatic heterocycles. The van der Waals surface area contributed by atoms with Crippen LogP contribution in [-0.2, 0) is 4.79 Å². The third kappa shape index (κ3) is 2.70. The lowest BCUT2D eigenvalue weighted by Gasteiger charge is -2.20. The highest BCUT2D eigenvalue weighted by molar-refractivity contribution is 5.85. The van der Waals surface area contributed by atoms with E-state index >= 15 is 0 Å². The summed E-state index contributed by atoms with van der Waals surface area (Å²) in [5.41, 5.74) is 7.16. The van der Waals surface area contributed by atoms with E-state index in [0.29, 0.717) is 24.3 Å². The number of halogens is 1. The first-order valence-electron chi connectivity index (χ1n) is 7.18. The lowest BCUT2D eigenvalue weighted by molar-refractivity contribution is -0.135. The first-order chi connectivity index (χ1) is 9.14. The van der Waals surface area contributed by atoms with Crippen molar-refractivity contribution < 1.29 is 4.79 Å². The zero-order chi connectivity index (χ0) is 13.5. The maximum absolute atomic E-state index is 12.5. The number of nitrogens with two attached hydrogens (primary N) is 1. The van der Waals surface area contributed by atoms with Gasteiger partial charge in [-0.25, -0.2) is 0 Å². The Morgan fingerprint density at radius 2 is 1.95 bits per heavy atom. The van der Waals surface area contributed by atoms with E-state index in [0.717, 1.165) is 25.9 Å². The highest BCUT2D eigenvalue weighted by Gasteiger charge is 2.49. The van der Waals surface area contributed by atoms with Gasteiger partial charge in [-0.3, -0.25) is 4.79 Å². The Bertz CT molecular complexity index is 473. The van der Waals surface area contributed by atoms with Crippen LogP contribution in [-0.4, -0.2) is 30.4 Å². The van der Waals surface area contributed by atoms with Crippen LogP contribution in [0.4, 0.5) is 0 Å². The number of benzene rings is 1. The number of carbonyl (C=O) groups is 1. The summed E-state index contributed by atoms with van der Waals surface area (Å²) < 4.78 is 0. The largest absolute Gasteiger partial charge is 0.341 e. The zero-order valence-corrected chi connectivity index (χ0v) is 12.7. The first-order valence-corrected chi connectivity index (χ1v) is 7.18. The number of nitrogens with zero attached hydrogens (tertiary/aromatic N) is 1. The molecule has 0 bridgehead atoms. The molecule has 1 aliphatic heterocycles. The molecule has 2 fully saturated rings. The molecule has 2 atom stereocenters. The Balaban J connectivity index is 0.00000147.